The van der Waals surface area contributed by atoms with Crippen molar-refractivity contribution in [3.05, 3.63) is 34.6 Å². The quantitative estimate of drug-likeness (QED) is 0.839. The molecule has 4 heteroatoms. The average molecular weight is 299 g/mol. The minimum Gasteiger partial charge on any atom is -0.305 e. The molecule has 0 unspecified atom stereocenters. The third kappa shape index (κ3) is 3.51. The van der Waals surface area contributed by atoms with Gasteiger partial charge in [-0.15, -0.1) is 0 Å². The molecular weight excluding hydrogens is 275 g/mol. The van der Waals surface area contributed by atoms with E-state index < -0.39 is 0 Å². The molecule has 1 aliphatic heterocycles. The molecule has 2 nitrogen and oxygen atoms in total. The van der Waals surface area contributed by atoms with Gasteiger partial charge in [0.2, 0.25) is 0 Å². The molecule has 1 saturated heterocycles. The van der Waals surface area contributed by atoms with E-state index in [1.54, 1.807) is 6.07 Å². The van der Waals surface area contributed by atoms with Crippen molar-refractivity contribution >= 4 is 11.6 Å². The topological polar surface area (TPSA) is 6.48 Å². The van der Waals surface area contributed by atoms with E-state index in [1.165, 1.54) is 6.07 Å². The lowest BCUT2D eigenvalue weighted by Crippen LogP contribution is -2.37. The fraction of sp³-hybridized carbons (Fsp3) is 0.625. The number of nitrogens with zero attached hydrogens (tertiary/aromatic N) is 2. The maximum absolute atomic E-state index is 13.2. The normalized spacial score (nSPS) is 24.0. The first kappa shape index (κ1) is 15.7. The summed E-state index contributed by atoms with van der Waals surface area (Å²) >= 11 is 5.86. The molecular formula is C16H24ClFN2. The predicted octanol–water partition coefficient (Wildman–Crippen LogP) is 3.50. The monoisotopic (exact) mass is 298 g/mol. The van der Waals surface area contributed by atoms with Crippen molar-refractivity contribution in [3.63, 3.8) is 0 Å². The minimum atomic E-state index is -0.344. The fourth-order valence-electron chi connectivity index (χ4n) is 3.12. The Morgan fingerprint density at radius 2 is 2.05 bits per heavy atom. The van der Waals surface area contributed by atoms with E-state index in [-0.39, 0.29) is 10.8 Å². The van der Waals surface area contributed by atoms with Crippen LogP contribution in [0.25, 0.3) is 0 Å². The molecule has 0 amide bonds. The van der Waals surface area contributed by atoms with Gasteiger partial charge in [-0.1, -0.05) is 31.5 Å². The van der Waals surface area contributed by atoms with Gasteiger partial charge in [-0.05, 0) is 43.6 Å². The summed E-state index contributed by atoms with van der Waals surface area (Å²) in [6.07, 6.45) is 0. The molecule has 2 atom stereocenters. The van der Waals surface area contributed by atoms with E-state index in [1.807, 2.05) is 6.07 Å². The van der Waals surface area contributed by atoms with Gasteiger partial charge in [-0.3, -0.25) is 4.90 Å². The lowest BCUT2D eigenvalue weighted by molar-refractivity contribution is 0.215. The van der Waals surface area contributed by atoms with Crippen molar-refractivity contribution in [2.45, 2.75) is 26.4 Å². The standard InChI is InChI=1S/C16H24ClFN2/c1-11(2)13-9-20(10-16(13)19(3)4)8-12-5-6-15(18)14(17)7-12/h5-7,11,13,16H,8-10H2,1-4H3/t13-,16+/m0/s1. The molecule has 1 heterocycles. The number of likely N-dealkylation sites (N-methyl/N-ethyl adjacent to an activating group) is 1. The summed E-state index contributed by atoms with van der Waals surface area (Å²) < 4.78 is 13.2. The highest BCUT2D eigenvalue weighted by atomic mass is 35.5. The van der Waals surface area contributed by atoms with Gasteiger partial charge in [-0.25, -0.2) is 4.39 Å². The summed E-state index contributed by atoms with van der Waals surface area (Å²) in [7, 11) is 4.30. The van der Waals surface area contributed by atoms with Crippen molar-refractivity contribution in [1.29, 1.82) is 0 Å². The first-order valence-corrected chi connectivity index (χ1v) is 7.59. The Labute approximate surface area is 126 Å². The summed E-state index contributed by atoms with van der Waals surface area (Å²) in [4.78, 5) is 4.77. The molecule has 20 heavy (non-hydrogen) atoms. The summed E-state index contributed by atoms with van der Waals surface area (Å²) in [5.41, 5.74) is 1.08. The van der Waals surface area contributed by atoms with Crippen LogP contribution in [0.2, 0.25) is 5.02 Å². The molecule has 112 valence electrons. The fourth-order valence-corrected chi connectivity index (χ4v) is 3.32. The molecule has 2 rings (SSSR count). The summed E-state index contributed by atoms with van der Waals surface area (Å²) in [5, 5.41) is 0.214. The van der Waals surface area contributed by atoms with Crippen molar-refractivity contribution in [3.8, 4) is 0 Å². The van der Waals surface area contributed by atoms with Crippen LogP contribution in [-0.4, -0.2) is 43.0 Å². The van der Waals surface area contributed by atoms with Gasteiger partial charge >= 0.3 is 0 Å². The van der Waals surface area contributed by atoms with Crippen LogP contribution in [0.15, 0.2) is 18.2 Å². The van der Waals surface area contributed by atoms with Gasteiger partial charge in [0.1, 0.15) is 5.82 Å². The Hall–Kier alpha value is -0.640. The van der Waals surface area contributed by atoms with Crippen LogP contribution in [-0.2, 0) is 6.54 Å². The number of hydrogen-bond acceptors (Lipinski definition) is 2. The van der Waals surface area contributed by atoms with Gasteiger partial charge in [0.15, 0.2) is 0 Å². The van der Waals surface area contributed by atoms with Crippen LogP contribution in [0.4, 0.5) is 4.39 Å². The third-order valence-electron chi connectivity index (χ3n) is 4.32. The van der Waals surface area contributed by atoms with Gasteiger partial charge in [0.25, 0.3) is 0 Å². The highest BCUT2D eigenvalue weighted by Crippen LogP contribution is 2.28. The molecule has 1 aromatic rings. The highest BCUT2D eigenvalue weighted by molar-refractivity contribution is 6.30. The van der Waals surface area contributed by atoms with E-state index in [2.05, 4.69) is 37.7 Å². The van der Waals surface area contributed by atoms with Crippen LogP contribution < -0.4 is 0 Å². The number of benzene rings is 1. The Balaban J connectivity index is 2.05. The van der Waals surface area contributed by atoms with Crippen molar-refractivity contribution in [2.24, 2.45) is 11.8 Å². The maximum atomic E-state index is 13.2. The zero-order valence-corrected chi connectivity index (χ0v) is 13.5. The second kappa shape index (κ2) is 6.42. The first-order valence-electron chi connectivity index (χ1n) is 7.21. The molecule has 0 saturated carbocycles. The SMILES string of the molecule is CC(C)[C@@H]1CN(Cc2ccc(F)c(Cl)c2)C[C@H]1N(C)C. The van der Waals surface area contributed by atoms with Crippen molar-refractivity contribution in [2.75, 3.05) is 27.2 Å². The number of rotatable bonds is 4. The van der Waals surface area contributed by atoms with Crippen LogP contribution >= 0.6 is 11.6 Å². The lowest BCUT2D eigenvalue weighted by Gasteiger charge is -2.27. The Morgan fingerprint density at radius 1 is 1.35 bits per heavy atom. The van der Waals surface area contributed by atoms with E-state index in [4.69, 9.17) is 11.6 Å². The van der Waals surface area contributed by atoms with Gasteiger partial charge < -0.3 is 4.90 Å². The van der Waals surface area contributed by atoms with E-state index in [0.29, 0.717) is 17.9 Å². The van der Waals surface area contributed by atoms with Gasteiger partial charge in [-0.2, -0.15) is 0 Å². The Morgan fingerprint density at radius 3 is 2.55 bits per heavy atom. The predicted molar refractivity (Wildman–Crippen MR) is 82.5 cm³/mol. The number of likely N-dealkylation sites (tertiary alicyclic amines) is 1. The second-order valence-corrected chi connectivity index (χ2v) is 6.79. The second-order valence-electron chi connectivity index (χ2n) is 6.38. The first-order chi connectivity index (χ1) is 9.38. The largest absolute Gasteiger partial charge is 0.305 e. The highest BCUT2D eigenvalue weighted by Gasteiger charge is 2.35. The molecule has 0 aromatic heterocycles. The molecule has 0 spiro atoms. The summed E-state index contributed by atoms with van der Waals surface area (Å²) in [5.74, 6) is 1.01. The molecule has 1 aliphatic rings. The van der Waals surface area contributed by atoms with Crippen LogP contribution in [0.3, 0.4) is 0 Å². The lowest BCUT2D eigenvalue weighted by atomic mass is 9.91. The van der Waals surface area contributed by atoms with Crippen molar-refractivity contribution < 1.29 is 4.39 Å². The smallest absolute Gasteiger partial charge is 0.141 e. The molecule has 1 aromatic carbocycles. The minimum absolute atomic E-state index is 0.214. The Kier molecular flexibility index (Phi) is 5.05. The number of halogens is 2. The van der Waals surface area contributed by atoms with Crippen LogP contribution in [0.1, 0.15) is 19.4 Å². The zero-order valence-electron chi connectivity index (χ0n) is 12.7. The molecule has 0 aliphatic carbocycles. The maximum Gasteiger partial charge on any atom is 0.141 e. The zero-order chi connectivity index (χ0) is 14.9. The van der Waals surface area contributed by atoms with Crippen LogP contribution in [0, 0.1) is 17.7 Å². The van der Waals surface area contributed by atoms with Crippen LogP contribution in [0.5, 0.6) is 0 Å². The average Bonchev–Trinajstić information content (AvgIpc) is 2.78. The Bertz CT molecular complexity index is 446. The van der Waals surface area contributed by atoms with E-state index in [9.17, 15) is 4.39 Å². The summed E-state index contributed by atoms with van der Waals surface area (Å²) in [6, 6.07) is 5.61. The number of hydrogen-bond donors (Lipinski definition) is 0. The van der Waals surface area contributed by atoms with Crippen molar-refractivity contribution in [1.82, 2.24) is 9.80 Å². The van der Waals surface area contributed by atoms with Gasteiger partial charge in [0, 0.05) is 25.7 Å². The molecule has 0 bridgehead atoms. The molecule has 0 radical (unpaired) electrons. The third-order valence-corrected chi connectivity index (χ3v) is 4.61. The van der Waals surface area contributed by atoms with Gasteiger partial charge in [0.05, 0.1) is 5.02 Å². The van der Waals surface area contributed by atoms with E-state index in [0.717, 1.165) is 25.2 Å². The molecule has 1 fully saturated rings. The van der Waals surface area contributed by atoms with E-state index >= 15 is 0 Å². The summed E-state index contributed by atoms with van der Waals surface area (Å²) in [6.45, 7) is 7.58. The molecule has 0 N–H and O–H groups in total.